The summed E-state index contributed by atoms with van der Waals surface area (Å²) in [4.78, 5) is 16.0. The normalized spacial score (nSPS) is 11.8. The Kier molecular flexibility index (Phi) is 6.14. The van der Waals surface area contributed by atoms with Crippen molar-refractivity contribution in [1.29, 1.82) is 0 Å². The fourth-order valence-corrected chi connectivity index (χ4v) is 3.32. The van der Waals surface area contributed by atoms with Crippen molar-refractivity contribution in [1.82, 2.24) is 19.7 Å². The van der Waals surface area contributed by atoms with Gasteiger partial charge in [0.1, 0.15) is 5.69 Å². The molecule has 0 atom stereocenters. The van der Waals surface area contributed by atoms with E-state index >= 15 is 0 Å². The van der Waals surface area contributed by atoms with Crippen LogP contribution in [0.3, 0.4) is 0 Å². The zero-order chi connectivity index (χ0) is 22.8. The number of nitrogens with one attached hydrogen (secondary N) is 2. The van der Waals surface area contributed by atoms with Gasteiger partial charge in [-0.15, -0.1) is 0 Å². The summed E-state index contributed by atoms with van der Waals surface area (Å²) in [5, 5.41) is 8.70. The Morgan fingerprint density at radius 1 is 1.32 bits per heavy atom. The van der Waals surface area contributed by atoms with Crippen LogP contribution in [0.4, 0.5) is 18.9 Å². The summed E-state index contributed by atoms with van der Waals surface area (Å²) in [5.41, 5.74) is 1.78. The SMILES string of the molecule is C=C(Nc1ccc(C(C)=O)c(CC)c1)c1ncc(-c2cn[nH]c2C(F)(F)F)n1/C=C\C. The number of hydrogen-bond donors (Lipinski definition) is 2. The number of benzene rings is 1. The second kappa shape index (κ2) is 8.63. The van der Waals surface area contributed by atoms with Gasteiger partial charge in [-0.05, 0) is 44.0 Å². The maximum atomic E-state index is 13.3. The minimum Gasteiger partial charge on any atom is -0.353 e. The molecule has 0 unspecified atom stereocenters. The molecule has 0 bridgehead atoms. The summed E-state index contributed by atoms with van der Waals surface area (Å²) in [6, 6.07) is 5.34. The van der Waals surface area contributed by atoms with Gasteiger partial charge in [0.2, 0.25) is 0 Å². The summed E-state index contributed by atoms with van der Waals surface area (Å²) in [7, 11) is 0. The third-order valence-corrected chi connectivity index (χ3v) is 4.72. The van der Waals surface area contributed by atoms with Gasteiger partial charge in [-0.25, -0.2) is 4.98 Å². The van der Waals surface area contributed by atoms with Crippen LogP contribution in [0, 0.1) is 0 Å². The smallest absolute Gasteiger partial charge is 0.353 e. The molecule has 0 fully saturated rings. The van der Waals surface area contributed by atoms with Crippen molar-refractivity contribution in [2.24, 2.45) is 0 Å². The number of aromatic nitrogens is 4. The molecule has 162 valence electrons. The highest BCUT2D eigenvalue weighted by Gasteiger charge is 2.37. The Labute approximate surface area is 177 Å². The number of alkyl halides is 3. The van der Waals surface area contributed by atoms with Gasteiger partial charge in [0.15, 0.2) is 11.6 Å². The van der Waals surface area contributed by atoms with E-state index in [2.05, 4.69) is 22.0 Å². The Bertz CT molecular complexity index is 1150. The van der Waals surface area contributed by atoms with Gasteiger partial charge in [-0.3, -0.25) is 14.5 Å². The number of aromatic amines is 1. The molecule has 2 N–H and O–H groups in total. The molecule has 9 heteroatoms. The quantitative estimate of drug-likeness (QED) is 0.477. The highest BCUT2D eigenvalue weighted by Crippen LogP contribution is 2.36. The molecule has 2 aromatic heterocycles. The third-order valence-electron chi connectivity index (χ3n) is 4.72. The van der Waals surface area contributed by atoms with E-state index in [1.54, 1.807) is 31.3 Å². The van der Waals surface area contributed by atoms with E-state index in [9.17, 15) is 18.0 Å². The average Bonchev–Trinajstić information content (AvgIpc) is 3.34. The number of imidazole rings is 1. The van der Waals surface area contributed by atoms with Crippen LogP contribution in [-0.4, -0.2) is 25.5 Å². The molecule has 0 aliphatic carbocycles. The molecule has 0 saturated carbocycles. The van der Waals surface area contributed by atoms with E-state index in [0.717, 1.165) is 11.8 Å². The van der Waals surface area contributed by atoms with Gasteiger partial charge >= 0.3 is 6.18 Å². The molecule has 0 aliphatic rings. The van der Waals surface area contributed by atoms with Crippen molar-refractivity contribution in [3.8, 4) is 11.3 Å². The van der Waals surface area contributed by atoms with Gasteiger partial charge in [0.05, 0.1) is 29.3 Å². The zero-order valence-electron chi connectivity index (χ0n) is 17.3. The number of Topliss-reactive ketones (excluding diaryl/α,β-unsaturated/α-hetero) is 1. The minimum absolute atomic E-state index is 0.0175. The highest BCUT2D eigenvalue weighted by atomic mass is 19.4. The Hall–Kier alpha value is -3.62. The van der Waals surface area contributed by atoms with Crippen molar-refractivity contribution >= 4 is 23.4 Å². The van der Waals surface area contributed by atoms with Gasteiger partial charge in [0, 0.05) is 17.5 Å². The van der Waals surface area contributed by atoms with Crippen LogP contribution >= 0.6 is 0 Å². The number of halogens is 3. The molecule has 0 aliphatic heterocycles. The molecule has 2 heterocycles. The van der Waals surface area contributed by atoms with Gasteiger partial charge in [-0.2, -0.15) is 18.3 Å². The van der Waals surface area contributed by atoms with E-state index in [1.807, 2.05) is 18.1 Å². The second-order valence-electron chi connectivity index (χ2n) is 6.86. The monoisotopic (exact) mass is 429 g/mol. The molecule has 0 saturated heterocycles. The fraction of sp³-hybridized carbons (Fsp3) is 0.227. The predicted molar refractivity (Wildman–Crippen MR) is 114 cm³/mol. The summed E-state index contributed by atoms with van der Waals surface area (Å²) < 4.78 is 41.5. The highest BCUT2D eigenvalue weighted by molar-refractivity contribution is 5.96. The second-order valence-corrected chi connectivity index (χ2v) is 6.86. The lowest BCUT2D eigenvalue weighted by atomic mass is 10.0. The van der Waals surface area contributed by atoms with Crippen molar-refractivity contribution < 1.29 is 18.0 Å². The van der Waals surface area contributed by atoms with E-state index in [0.29, 0.717) is 29.2 Å². The summed E-state index contributed by atoms with van der Waals surface area (Å²) in [5.74, 6) is 0.326. The molecule has 0 amide bonds. The number of aryl methyl sites for hydroxylation is 1. The average molecular weight is 429 g/mol. The molecule has 0 radical (unpaired) electrons. The predicted octanol–water partition coefficient (Wildman–Crippen LogP) is 5.63. The van der Waals surface area contributed by atoms with E-state index in [1.165, 1.54) is 17.7 Å². The summed E-state index contributed by atoms with van der Waals surface area (Å²) >= 11 is 0. The number of hydrogen-bond acceptors (Lipinski definition) is 4. The third kappa shape index (κ3) is 4.45. The van der Waals surface area contributed by atoms with Crippen molar-refractivity contribution in [2.45, 2.75) is 33.4 Å². The lowest BCUT2D eigenvalue weighted by molar-refractivity contribution is -0.140. The molecule has 3 aromatic rings. The van der Waals surface area contributed by atoms with Crippen LogP contribution < -0.4 is 5.32 Å². The topological polar surface area (TPSA) is 75.6 Å². The standard InChI is InChI=1S/C22H22F3N5O/c1-5-9-30-19(18-11-27-29-20(18)22(23,24)25)12-26-21(30)13(3)28-16-7-8-17(14(4)31)15(6-2)10-16/h5,7-12,28H,3,6H2,1-2,4H3,(H,27,29)/b9-5-. The number of allylic oxidation sites excluding steroid dienone is 1. The molecule has 31 heavy (non-hydrogen) atoms. The first-order chi connectivity index (χ1) is 14.7. The molecule has 0 spiro atoms. The largest absolute Gasteiger partial charge is 0.433 e. The molecule has 3 rings (SSSR count). The van der Waals surface area contributed by atoms with Crippen LogP contribution in [0.15, 0.2) is 43.2 Å². The fourth-order valence-electron chi connectivity index (χ4n) is 3.32. The summed E-state index contributed by atoms with van der Waals surface area (Å²) in [6.45, 7) is 9.22. The maximum Gasteiger partial charge on any atom is 0.433 e. The van der Waals surface area contributed by atoms with E-state index < -0.39 is 11.9 Å². The number of nitrogens with zero attached hydrogens (tertiary/aromatic N) is 3. The van der Waals surface area contributed by atoms with Gasteiger partial charge in [0.25, 0.3) is 0 Å². The Morgan fingerprint density at radius 3 is 2.68 bits per heavy atom. The van der Waals surface area contributed by atoms with E-state index in [4.69, 9.17) is 0 Å². The van der Waals surface area contributed by atoms with Crippen molar-refractivity contribution in [3.05, 3.63) is 65.9 Å². The lowest BCUT2D eigenvalue weighted by Gasteiger charge is -2.14. The van der Waals surface area contributed by atoms with Gasteiger partial charge < -0.3 is 5.32 Å². The maximum absolute atomic E-state index is 13.3. The number of carbonyl (C=O) groups excluding carboxylic acids is 1. The molecule has 6 nitrogen and oxygen atoms in total. The number of rotatable bonds is 7. The van der Waals surface area contributed by atoms with Crippen LogP contribution in [0.1, 0.15) is 48.2 Å². The van der Waals surface area contributed by atoms with Crippen LogP contribution in [0.5, 0.6) is 0 Å². The number of carbonyl (C=O) groups is 1. The first-order valence-corrected chi connectivity index (χ1v) is 9.58. The molecule has 1 aromatic carbocycles. The van der Waals surface area contributed by atoms with Crippen LogP contribution in [-0.2, 0) is 12.6 Å². The first kappa shape index (κ1) is 22.1. The lowest BCUT2D eigenvalue weighted by Crippen LogP contribution is -2.09. The van der Waals surface area contributed by atoms with Crippen LogP contribution in [0.25, 0.3) is 23.2 Å². The molecular formula is C22H22F3N5O. The number of ketones is 1. The van der Waals surface area contributed by atoms with Gasteiger partial charge in [-0.1, -0.05) is 19.6 Å². The minimum atomic E-state index is -4.58. The number of H-pyrrole nitrogens is 1. The Morgan fingerprint density at radius 2 is 2.06 bits per heavy atom. The zero-order valence-corrected chi connectivity index (χ0v) is 17.3. The summed E-state index contributed by atoms with van der Waals surface area (Å²) in [6.07, 6.45) is 1.85. The van der Waals surface area contributed by atoms with Crippen molar-refractivity contribution in [2.75, 3.05) is 5.32 Å². The van der Waals surface area contributed by atoms with Crippen LogP contribution in [0.2, 0.25) is 0 Å². The molecular weight excluding hydrogens is 407 g/mol. The van der Waals surface area contributed by atoms with E-state index in [-0.39, 0.29) is 17.0 Å². The number of anilines is 1. The Balaban J connectivity index is 1.98. The first-order valence-electron chi connectivity index (χ1n) is 9.58. The van der Waals surface area contributed by atoms with Crippen molar-refractivity contribution in [3.63, 3.8) is 0 Å².